The van der Waals surface area contributed by atoms with Gasteiger partial charge in [-0.2, -0.15) is 0 Å². The van der Waals surface area contributed by atoms with Gasteiger partial charge in [-0.1, -0.05) is 31.2 Å². The molecule has 2 rings (SSSR count). The summed E-state index contributed by atoms with van der Waals surface area (Å²) in [6.07, 6.45) is 3.24. The van der Waals surface area contributed by atoms with Crippen molar-refractivity contribution < 1.29 is 4.74 Å². The largest absolute Gasteiger partial charge is 0.381 e. The normalized spacial score (nSPS) is 17.5. The Morgan fingerprint density at radius 3 is 2.54 bits per heavy atom. The molecule has 0 amide bonds. The molecule has 0 bridgehead atoms. The predicted octanol–water partition coefficient (Wildman–Crippen LogP) is 3.34. The summed E-state index contributed by atoms with van der Waals surface area (Å²) in [5.74, 6) is 1.63. The lowest BCUT2D eigenvalue weighted by Gasteiger charge is -2.24. The summed E-state index contributed by atoms with van der Waals surface area (Å²) in [4.78, 5) is 7.02. The van der Waals surface area contributed by atoms with Gasteiger partial charge in [-0.3, -0.25) is 4.99 Å². The Bertz CT molecular complexity index is 484. The van der Waals surface area contributed by atoms with Crippen LogP contribution in [0, 0.1) is 5.92 Å². The molecule has 1 unspecified atom stereocenters. The molecular weight excluding hydrogens is 413 g/mol. The molecule has 24 heavy (non-hydrogen) atoms. The van der Waals surface area contributed by atoms with Crippen molar-refractivity contribution in [1.29, 1.82) is 0 Å². The third-order valence-electron chi connectivity index (χ3n) is 4.35. The number of rotatable bonds is 7. The molecule has 5 heteroatoms. The summed E-state index contributed by atoms with van der Waals surface area (Å²) < 4.78 is 5.47. The topological polar surface area (TPSA) is 36.9 Å². The van der Waals surface area contributed by atoms with E-state index in [4.69, 9.17) is 9.73 Å². The molecule has 0 aromatic heterocycles. The third kappa shape index (κ3) is 6.97. The van der Waals surface area contributed by atoms with Gasteiger partial charge in [-0.25, -0.2) is 0 Å². The van der Waals surface area contributed by atoms with E-state index in [1.54, 1.807) is 0 Å². The second-order valence-electron chi connectivity index (χ2n) is 6.27. The van der Waals surface area contributed by atoms with Gasteiger partial charge >= 0.3 is 0 Å². The summed E-state index contributed by atoms with van der Waals surface area (Å²) in [5, 5.41) is 3.40. The number of guanidine groups is 1. The lowest BCUT2D eigenvalue weighted by molar-refractivity contribution is 0.181. The van der Waals surface area contributed by atoms with Crippen molar-refractivity contribution in [2.24, 2.45) is 10.9 Å². The molecule has 1 aromatic carbocycles. The van der Waals surface area contributed by atoms with E-state index in [1.165, 1.54) is 11.1 Å². The van der Waals surface area contributed by atoms with Crippen molar-refractivity contribution in [3.63, 3.8) is 0 Å². The van der Waals surface area contributed by atoms with Crippen molar-refractivity contribution >= 4 is 29.9 Å². The number of aryl methyl sites for hydroxylation is 1. The van der Waals surface area contributed by atoms with Gasteiger partial charge in [-0.05, 0) is 37.3 Å². The SMILES string of the molecule is CCNC(=NCCc1ccc(CC)cc1)N(C)CC1CCOC1.I. The van der Waals surface area contributed by atoms with Crippen LogP contribution in [0.5, 0.6) is 0 Å². The average Bonchev–Trinajstić information content (AvgIpc) is 3.07. The van der Waals surface area contributed by atoms with Gasteiger partial charge in [0.2, 0.25) is 0 Å². The van der Waals surface area contributed by atoms with Crippen molar-refractivity contribution in [2.75, 3.05) is 39.9 Å². The van der Waals surface area contributed by atoms with Gasteiger partial charge in [0.15, 0.2) is 5.96 Å². The van der Waals surface area contributed by atoms with Crippen molar-refractivity contribution in [3.05, 3.63) is 35.4 Å². The minimum Gasteiger partial charge on any atom is -0.381 e. The van der Waals surface area contributed by atoms with Crippen LogP contribution in [0.3, 0.4) is 0 Å². The number of nitrogens with one attached hydrogen (secondary N) is 1. The Hall–Kier alpha value is -0.820. The van der Waals surface area contributed by atoms with E-state index in [2.05, 4.69) is 55.4 Å². The van der Waals surface area contributed by atoms with Crippen LogP contribution in [0.4, 0.5) is 0 Å². The number of nitrogens with zero attached hydrogens (tertiary/aromatic N) is 2. The fourth-order valence-corrected chi connectivity index (χ4v) is 2.90. The van der Waals surface area contributed by atoms with Gasteiger partial charge in [0.25, 0.3) is 0 Å². The summed E-state index contributed by atoms with van der Waals surface area (Å²) in [6.45, 7) is 8.82. The van der Waals surface area contributed by atoms with Gasteiger partial charge in [0.1, 0.15) is 0 Å². The second kappa shape index (κ2) is 11.7. The summed E-state index contributed by atoms with van der Waals surface area (Å²) in [5.41, 5.74) is 2.75. The number of ether oxygens (including phenoxy) is 1. The van der Waals surface area contributed by atoms with E-state index < -0.39 is 0 Å². The quantitative estimate of drug-likeness (QED) is 0.398. The maximum atomic E-state index is 5.47. The van der Waals surface area contributed by atoms with Gasteiger partial charge in [0.05, 0.1) is 6.61 Å². The highest BCUT2D eigenvalue weighted by Crippen LogP contribution is 2.13. The van der Waals surface area contributed by atoms with Crippen molar-refractivity contribution in [1.82, 2.24) is 10.2 Å². The number of hydrogen-bond acceptors (Lipinski definition) is 2. The van der Waals surface area contributed by atoms with Crippen LogP contribution in [0.2, 0.25) is 0 Å². The minimum atomic E-state index is 0. The Morgan fingerprint density at radius 2 is 1.96 bits per heavy atom. The number of hydrogen-bond donors (Lipinski definition) is 1. The molecule has 1 aliphatic heterocycles. The van der Waals surface area contributed by atoms with Crippen LogP contribution >= 0.6 is 24.0 Å². The summed E-state index contributed by atoms with van der Waals surface area (Å²) in [7, 11) is 2.12. The molecule has 4 nitrogen and oxygen atoms in total. The summed E-state index contributed by atoms with van der Waals surface area (Å²) >= 11 is 0. The highest BCUT2D eigenvalue weighted by molar-refractivity contribution is 14.0. The molecule has 0 saturated carbocycles. The van der Waals surface area contributed by atoms with Crippen molar-refractivity contribution in [3.8, 4) is 0 Å². The molecular formula is C19H32IN3O. The maximum Gasteiger partial charge on any atom is 0.193 e. The predicted molar refractivity (Wildman–Crippen MR) is 112 cm³/mol. The van der Waals surface area contributed by atoms with Crippen LogP contribution in [-0.4, -0.2) is 50.8 Å². The number of benzene rings is 1. The van der Waals surface area contributed by atoms with E-state index in [0.29, 0.717) is 5.92 Å². The first-order valence-electron chi connectivity index (χ1n) is 8.88. The highest BCUT2D eigenvalue weighted by Gasteiger charge is 2.18. The van der Waals surface area contributed by atoms with Crippen molar-refractivity contribution in [2.45, 2.75) is 33.1 Å². The van der Waals surface area contributed by atoms with Gasteiger partial charge in [0, 0.05) is 39.2 Å². The Kier molecular flexibility index (Phi) is 10.3. The fourth-order valence-electron chi connectivity index (χ4n) is 2.90. The molecule has 1 fully saturated rings. The molecule has 1 aliphatic rings. The van der Waals surface area contributed by atoms with Crippen LogP contribution in [0.25, 0.3) is 0 Å². The van der Waals surface area contributed by atoms with E-state index in [0.717, 1.165) is 58.1 Å². The second-order valence-corrected chi connectivity index (χ2v) is 6.27. The highest BCUT2D eigenvalue weighted by atomic mass is 127. The smallest absolute Gasteiger partial charge is 0.193 e. The zero-order chi connectivity index (χ0) is 16.5. The Labute approximate surface area is 164 Å². The molecule has 0 spiro atoms. The third-order valence-corrected chi connectivity index (χ3v) is 4.35. The molecule has 0 aliphatic carbocycles. The monoisotopic (exact) mass is 445 g/mol. The van der Waals surface area contributed by atoms with Gasteiger partial charge in [-0.15, -0.1) is 24.0 Å². The zero-order valence-electron chi connectivity index (χ0n) is 15.3. The molecule has 1 aromatic rings. The molecule has 136 valence electrons. The molecule has 1 N–H and O–H groups in total. The number of aliphatic imine (C=N–C) groups is 1. The Morgan fingerprint density at radius 1 is 1.25 bits per heavy atom. The fraction of sp³-hybridized carbons (Fsp3) is 0.632. The van der Waals surface area contributed by atoms with E-state index in [9.17, 15) is 0 Å². The molecule has 1 heterocycles. The van der Waals surface area contributed by atoms with Crippen LogP contribution in [0.1, 0.15) is 31.4 Å². The van der Waals surface area contributed by atoms with Gasteiger partial charge < -0.3 is 15.0 Å². The lowest BCUT2D eigenvalue weighted by Crippen LogP contribution is -2.41. The number of halogens is 1. The van der Waals surface area contributed by atoms with Crippen LogP contribution in [-0.2, 0) is 17.6 Å². The molecule has 1 atom stereocenters. The summed E-state index contributed by atoms with van der Waals surface area (Å²) in [6, 6.07) is 8.88. The zero-order valence-corrected chi connectivity index (χ0v) is 17.6. The molecule has 0 radical (unpaired) electrons. The first-order chi connectivity index (χ1) is 11.2. The van der Waals surface area contributed by atoms with E-state index in [-0.39, 0.29) is 24.0 Å². The standard InChI is InChI=1S/C19H31N3O.HI/c1-4-16-6-8-17(9-7-16)10-12-21-19(20-5-2)22(3)14-18-11-13-23-15-18;/h6-9,18H,4-5,10-15H2,1-3H3,(H,20,21);1H. The van der Waals surface area contributed by atoms with E-state index >= 15 is 0 Å². The lowest BCUT2D eigenvalue weighted by atomic mass is 10.1. The first kappa shape index (κ1) is 21.2. The molecule has 1 saturated heterocycles. The Balaban J connectivity index is 0.00000288. The maximum absolute atomic E-state index is 5.47. The van der Waals surface area contributed by atoms with E-state index in [1.807, 2.05) is 0 Å². The van der Waals surface area contributed by atoms with Crippen LogP contribution < -0.4 is 5.32 Å². The van der Waals surface area contributed by atoms with Crippen LogP contribution in [0.15, 0.2) is 29.3 Å². The first-order valence-corrected chi connectivity index (χ1v) is 8.88. The average molecular weight is 445 g/mol. The minimum absolute atomic E-state index is 0.